The molecule has 0 heterocycles. The Morgan fingerprint density at radius 1 is 1.10 bits per heavy atom. The van der Waals surface area contributed by atoms with E-state index in [0.717, 1.165) is 29.1 Å². The van der Waals surface area contributed by atoms with Gasteiger partial charge in [0, 0.05) is 12.7 Å². The molecular formula is C17H21NO2. The van der Waals surface area contributed by atoms with Crippen molar-refractivity contribution < 1.29 is 9.84 Å². The van der Waals surface area contributed by atoms with E-state index in [2.05, 4.69) is 4.90 Å². The SMILES string of the molecule is CC[C@@H](O)c1ccc(N(C)c2ccccc2OC)cc1. The molecule has 0 radical (unpaired) electrons. The summed E-state index contributed by atoms with van der Waals surface area (Å²) in [4.78, 5) is 2.07. The van der Waals surface area contributed by atoms with Crippen LogP contribution in [0, 0.1) is 0 Å². The minimum absolute atomic E-state index is 0.388. The smallest absolute Gasteiger partial charge is 0.142 e. The molecule has 0 amide bonds. The highest BCUT2D eigenvalue weighted by molar-refractivity contribution is 5.68. The Labute approximate surface area is 120 Å². The van der Waals surface area contributed by atoms with E-state index in [0.29, 0.717) is 0 Å². The van der Waals surface area contributed by atoms with Gasteiger partial charge in [0.2, 0.25) is 0 Å². The zero-order chi connectivity index (χ0) is 14.5. The van der Waals surface area contributed by atoms with Gasteiger partial charge in [0.25, 0.3) is 0 Å². The molecule has 1 N–H and O–H groups in total. The van der Waals surface area contributed by atoms with Crippen molar-refractivity contribution in [3.05, 3.63) is 54.1 Å². The fourth-order valence-electron chi connectivity index (χ4n) is 2.20. The highest BCUT2D eigenvalue weighted by Gasteiger charge is 2.10. The van der Waals surface area contributed by atoms with Crippen LogP contribution in [0.15, 0.2) is 48.5 Å². The second-order valence-corrected chi connectivity index (χ2v) is 4.75. The van der Waals surface area contributed by atoms with Crippen LogP contribution in [0.3, 0.4) is 0 Å². The first-order chi connectivity index (χ1) is 9.67. The van der Waals surface area contributed by atoms with Gasteiger partial charge in [-0.25, -0.2) is 0 Å². The second kappa shape index (κ2) is 6.44. The first-order valence-corrected chi connectivity index (χ1v) is 6.82. The third kappa shape index (κ3) is 2.94. The lowest BCUT2D eigenvalue weighted by molar-refractivity contribution is 0.173. The van der Waals surface area contributed by atoms with Crippen molar-refractivity contribution in [2.75, 3.05) is 19.1 Å². The Bertz CT molecular complexity index is 551. The van der Waals surface area contributed by atoms with Crippen LogP contribution in [0.2, 0.25) is 0 Å². The van der Waals surface area contributed by atoms with Crippen LogP contribution in [0.1, 0.15) is 25.0 Å². The van der Waals surface area contributed by atoms with Crippen LogP contribution in [-0.2, 0) is 0 Å². The number of anilines is 2. The van der Waals surface area contributed by atoms with Gasteiger partial charge >= 0.3 is 0 Å². The van der Waals surface area contributed by atoms with Crippen molar-refractivity contribution in [2.24, 2.45) is 0 Å². The van der Waals surface area contributed by atoms with Gasteiger partial charge in [-0.15, -0.1) is 0 Å². The molecule has 0 fully saturated rings. The molecular weight excluding hydrogens is 250 g/mol. The van der Waals surface area contributed by atoms with Crippen molar-refractivity contribution in [1.82, 2.24) is 0 Å². The minimum Gasteiger partial charge on any atom is -0.495 e. The number of nitrogens with zero attached hydrogens (tertiary/aromatic N) is 1. The number of aliphatic hydroxyl groups is 1. The summed E-state index contributed by atoms with van der Waals surface area (Å²) in [5.41, 5.74) is 3.02. The Hall–Kier alpha value is -2.00. The van der Waals surface area contributed by atoms with E-state index in [4.69, 9.17) is 4.74 Å². The largest absolute Gasteiger partial charge is 0.495 e. The fraction of sp³-hybridized carbons (Fsp3) is 0.294. The Morgan fingerprint density at radius 3 is 2.35 bits per heavy atom. The number of para-hydroxylation sites is 2. The standard InChI is InChI=1S/C17H21NO2/c1-4-16(19)13-9-11-14(12-10-13)18(2)15-7-5-6-8-17(15)20-3/h5-12,16,19H,4H2,1-3H3/t16-/m1/s1. The number of hydrogen-bond acceptors (Lipinski definition) is 3. The van der Waals surface area contributed by atoms with Gasteiger partial charge in [-0.1, -0.05) is 31.2 Å². The van der Waals surface area contributed by atoms with E-state index in [1.165, 1.54) is 0 Å². The molecule has 3 heteroatoms. The van der Waals surface area contributed by atoms with Crippen LogP contribution in [-0.4, -0.2) is 19.3 Å². The molecule has 0 aliphatic rings. The molecule has 106 valence electrons. The van der Waals surface area contributed by atoms with Crippen molar-refractivity contribution in [3.63, 3.8) is 0 Å². The summed E-state index contributed by atoms with van der Waals surface area (Å²) < 4.78 is 5.39. The lowest BCUT2D eigenvalue weighted by atomic mass is 10.1. The molecule has 0 saturated heterocycles. The van der Waals surface area contributed by atoms with E-state index in [9.17, 15) is 5.11 Å². The second-order valence-electron chi connectivity index (χ2n) is 4.75. The predicted molar refractivity (Wildman–Crippen MR) is 82.7 cm³/mol. The number of rotatable bonds is 5. The maximum absolute atomic E-state index is 9.82. The van der Waals surface area contributed by atoms with Gasteiger partial charge < -0.3 is 14.7 Å². The molecule has 0 unspecified atom stereocenters. The molecule has 0 bridgehead atoms. The van der Waals surface area contributed by atoms with Gasteiger partial charge in [0.1, 0.15) is 5.75 Å². The Balaban J connectivity index is 2.27. The minimum atomic E-state index is -0.388. The first kappa shape index (κ1) is 14.4. The Morgan fingerprint density at radius 2 is 1.75 bits per heavy atom. The number of benzene rings is 2. The van der Waals surface area contributed by atoms with Crippen LogP contribution >= 0.6 is 0 Å². The van der Waals surface area contributed by atoms with E-state index in [1.54, 1.807) is 7.11 Å². The zero-order valence-electron chi connectivity index (χ0n) is 12.2. The quantitative estimate of drug-likeness (QED) is 0.895. The molecule has 0 spiro atoms. The molecule has 3 nitrogen and oxygen atoms in total. The molecule has 2 rings (SSSR count). The average Bonchev–Trinajstić information content (AvgIpc) is 2.53. The van der Waals surface area contributed by atoms with Gasteiger partial charge in [0.05, 0.1) is 18.9 Å². The van der Waals surface area contributed by atoms with Gasteiger partial charge in [-0.3, -0.25) is 0 Å². The van der Waals surface area contributed by atoms with E-state index in [1.807, 2.05) is 62.5 Å². The van der Waals surface area contributed by atoms with Gasteiger partial charge in [0.15, 0.2) is 0 Å². The maximum atomic E-state index is 9.82. The molecule has 2 aromatic rings. The van der Waals surface area contributed by atoms with Crippen molar-refractivity contribution in [3.8, 4) is 5.75 Å². The van der Waals surface area contributed by atoms with E-state index >= 15 is 0 Å². The monoisotopic (exact) mass is 271 g/mol. The number of ether oxygens (including phenoxy) is 1. The number of hydrogen-bond donors (Lipinski definition) is 1. The summed E-state index contributed by atoms with van der Waals surface area (Å²) in [5.74, 6) is 0.840. The lowest BCUT2D eigenvalue weighted by Crippen LogP contribution is -2.10. The summed E-state index contributed by atoms with van der Waals surface area (Å²) in [6, 6.07) is 15.9. The Kier molecular flexibility index (Phi) is 4.64. The fourth-order valence-corrected chi connectivity index (χ4v) is 2.20. The van der Waals surface area contributed by atoms with Crippen molar-refractivity contribution in [2.45, 2.75) is 19.4 Å². The third-order valence-electron chi connectivity index (χ3n) is 3.50. The molecule has 0 aromatic heterocycles. The summed E-state index contributed by atoms with van der Waals surface area (Å²) in [5, 5.41) is 9.82. The highest BCUT2D eigenvalue weighted by atomic mass is 16.5. The summed E-state index contributed by atoms with van der Waals surface area (Å²) in [7, 11) is 3.68. The van der Waals surface area contributed by atoms with Crippen molar-refractivity contribution >= 4 is 11.4 Å². The molecule has 20 heavy (non-hydrogen) atoms. The third-order valence-corrected chi connectivity index (χ3v) is 3.50. The average molecular weight is 271 g/mol. The van der Waals surface area contributed by atoms with Crippen molar-refractivity contribution in [1.29, 1.82) is 0 Å². The normalized spacial score (nSPS) is 12.0. The number of aliphatic hydroxyl groups excluding tert-OH is 1. The lowest BCUT2D eigenvalue weighted by Gasteiger charge is -2.22. The van der Waals surface area contributed by atoms with Crippen LogP contribution in [0.4, 0.5) is 11.4 Å². The zero-order valence-corrected chi connectivity index (χ0v) is 12.2. The molecule has 0 saturated carbocycles. The van der Waals surface area contributed by atoms with E-state index < -0.39 is 0 Å². The molecule has 2 aromatic carbocycles. The molecule has 0 aliphatic heterocycles. The summed E-state index contributed by atoms with van der Waals surface area (Å²) in [6.07, 6.45) is 0.336. The molecule has 1 atom stereocenters. The predicted octanol–water partition coefficient (Wildman–Crippen LogP) is 3.91. The summed E-state index contributed by atoms with van der Waals surface area (Å²) >= 11 is 0. The van der Waals surface area contributed by atoms with Gasteiger partial charge in [-0.05, 0) is 36.2 Å². The molecule has 0 aliphatic carbocycles. The van der Waals surface area contributed by atoms with Gasteiger partial charge in [-0.2, -0.15) is 0 Å². The highest BCUT2D eigenvalue weighted by Crippen LogP contribution is 2.32. The number of methoxy groups -OCH3 is 1. The van der Waals surface area contributed by atoms with Crippen LogP contribution < -0.4 is 9.64 Å². The maximum Gasteiger partial charge on any atom is 0.142 e. The first-order valence-electron chi connectivity index (χ1n) is 6.82. The topological polar surface area (TPSA) is 32.7 Å². The summed E-state index contributed by atoms with van der Waals surface area (Å²) in [6.45, 7) is 1.97. The van der Waals surface area contributed by atoms with E-state index in [-0.39, 0.29) is 6.10 Å². The van der Waals surface area contributed by atoms with Crippen LogP contribution in [0.5, 0.6) is 5.75 Å². The van der Waals surface area contributed by atoms with Crippen LogP contribution in [0.25, 0.3) is 0 Å².